The molecule has 0 aliphatic carbocycles. The summed E-state index contributed by atoms with van der Waals surface area (Å²) in [5, 5.41) is 1.85. The molecule has 1 aliphatic heterocycles. The zero-order valence-electron chi connectivity index (χ0n) is 15.1. The average molecular weight is 400 g/mol. The predicted octanol–water partition coefficient (Wildman–Crippen LogP) is 3.66. The molecule has 1 amide bonds. The molecule has 27 heavy (non-hydrogen) atoms. The van der Waals surface area contributed by atoms with E-state index in [0.29, 0.717) is 16.5 Å². The van der Waals surface area contributed by atoms with Gasteiger partial charge in [-0.1, -0.05) is 29.8 Å². The van der Waals surface area contributed by atoms with E-state index in [4.69, 9.17) is 0 Å². The molecule has 0 bridgehead atoms. The number of thioether (sulfide) groups is 1. The van der Waals surface area contributed by atoms with Gasteiger partial charge in [-0.15, -0.1) is 23.1 Å². The third-order valence-electron chi connectivity index (χ3n) is 4.87. The lowest BCUT2D eigenvalue weighted by Gasteiger charge is -2.25. The minimum absolute atomic E-state index is 0.0674. The molecule has 0 spiro atoms. The maximum Gasteiger partial charge on any atom is 0.258 e. The van der Waals surface area contributed by atoms with Crippen molar-refractivity contribution < 1.29 is 4.79 Å². The van der Waals surface area contributed by atoms with Crippen molar-refractivity contribution in [3.8, 4) is 0 Å². The summed E-state index contributed by atoms with van der Waals surface area (Å²) in [4.78, 5) is 32.0. The number of thiazole rings is 1. The minimum atomic E-state index is -0.0674. The highest BCUT2D eigenvalue weighted by atomic mass is 32.2. The van der Waals surface area contributed by atoms with Crippen LogP contribution in [0.3, 0.4) is 0 Å². The number of aromatic nitrogens is 2. The van der Waals surface area contributed by atoms with Crippen molar-refractivity contribution in [3.63, 3.8) is 0 Å². The first kappa shape index (κ1) is 18.3. The fraction of sp³-hybridized carbons (Fsp3) is 0.350. The molecule has 0 N–H and O–H groups in total. The molecule has 3 aromatic rings. The molecule has 7 heteroatoms. The van der Waals surface area contributed by atoms with E-state index in [1.807, 2.05) is 10.3 Å². The molecule has 1 fully saturated rings. The lowest BCUT2D eigenvalue weighted by molar-refractivity contribution is -0.129. The summed E-state index contributed by atoms with van der Waals surface area (Å²) in [5.41, 5.74) is 3.12. The Morgan fingerprint density at radius 1 is 1.33 bits per heavy atom. The highest BCUT2D eigenvalue weighted by Crippen LogP contribution is 2.32. The fourth-order valence-electron chi connectivity index (χ4n) is 3.49. The second-order valence-electron chi connectivity index (χ2n) is 6.79. The van der Waals surface area contributed by atoms with Crippen LogP contribution in [-0.2, 0) is 10.5 Å². The third-order valence-corrected chi connectivity index (χ3v) is 6.57. The van der Waals surface area contributed by atoms with E-state index in [1.54, 1.807) is 16.7 Å². The molecule has 1 atom stereocenters. The Hall–Kier alpha value is -2.12. The summed E-state index contributed by atoms with van der Waals surface area (Å²) in [6, 6.07) is 10.2. The van der Waals surface area contributed by atoms with Crippen LogP contribution in [0.15, 0.2) is 46.7 Å². The van der Waals surface area contributed by atoms with E-state index in [2.05, 4.69) is 36.2 Å². The van der Waals surface area contributed by atoms with Gasteiger partial charge in [-0.05, 0) is 25.3 Å². The zero-order chi connectivity index (χ0) is 18.8. The van der Waals surface area contributed by atoms with Crippen LogP contribution in [0.1, 0.15) is 35.7 Å². The Kier molecular flexibility index (Phi) is 5.31. The summed E-state index contributed by atoms with van der Waals surface area (Å²) in [6.07, 6.45) is 3.80. The quantitative estimate of drug-likeness (QED) is 0.657. The summed E-state index contributed by atoms with van der Waals surface area (Å²) in [6.45, 7) is 2.89. The number of rotatable bonds is 5. The van der Waals surface area contributed by atoms with E-state index in [9.17, 15) is 9.59 Å². The number of hydrogen-bond donors (Lipinski definition) is 0. The summed E-state index contributed by atoms with van der Waals surface area (Å²) in [5.74, 6) is 1.14. The Balaban J connectivity index is 1.38. The first-order valence-corrected chi connectivity index (χ1v) is 11.0. The normalized spacial score (nSPS) is 16.9. The van der Waals surface area contributed by atoms with Crippen molar-refractivity contribution in [1.82, 2.24) is 14.3 Å². The smallest absolute Gasteiger partial charge is 0.258 e. The second kappa shape index (κ2) is 7.86. The average Bonchev–Trinajstić information content (AvgIpc) is 3.31. The largest absolute Gasteiger partial charge is 0.335 e. The molecule has 0 saturated carbocycles. The van der Waals surface area contributed by atoms with E-state index < -0.39 is 0 Å². The van der Waals surface area contributed by atoms with Gasteiger partial charge in [0.15, 0.2) is 4.96 Å². The number of fused-ring (bicyclic) bond motifs is 1. The van der Waals surface area contributed by atoms with Crippen molar-refractivity contribution in [2.75, 3.05) is 12.3 Å². The number of carbonyl (C=O) groups is 1. The van der Waals surface area contributed by atoms with Crippen molar-refractivity contribution >= 4 is 34.0 Å². The highest BCUT2D eigenvalue weighted by molar-refractivity contribution is 7.99. The zero-order valence-corrected chi connectivity index (χ0v) is 16.8. The Morgan fingerprint density at radius 2 is 2.15 bits per heavy atom. The van der Waals surface area contributed by atoms with Gasteiger partial charge in [-0.25, -0.2) is 4.98 Å². The van der Waals surface area contributed by atoms with Gasteiger partial charge in [-0.2, -0.15) is 0 Å². The third kappa shape index (κ3) is 3.94. The standard InChI is InChI=1S/C20H21N3O2S2/c1-14-4-6-15(7-5-14)17-3-2-8-22(17)19(25)13-26-12-16-11-18(24)23-9-10-27-20(23)21-16/h4-7,9-11,17H,2-3,8,12-13H2,1H3. The molecule has 140 valence electrons. The van der Waals surface area contributed by atoms with Gasteiger partial charge in [-0.3, -0.25) is 14.0 Å². The first-order chi connectivity index (χ1) is 13.1. The number of nitrogens with zero attached hydrogens (tertiary/aromatic N) is 3. The number of carbonyl (C=O) groups excluding carboxylic acids is 1. The molecule has 1 unspecified atom stereocenters. The number of hydrogen-bond acceptors (Lipinski definition) is 5. The topological polar surface area (TPSA) is 54.7 Å². The molecule has 1 aliphatic rings. The molecular weight excluding hydrogens is 378 g/mol. The van der Waals surface area contributed by atoms with Crippen LogP contribution >= 0.6 is 23.1 Å². The lowest BCUT2D eigenvalue weighted by Crippen LogP contribution is -2.32. The van der Waals surface area contributed by atoms with Gasteiger partial charge >= 0.3 is 0 Å². The van der Waals surface area contributed by atoms with Gasteiger partial charge < -0.3 is 4.90 Å². The monoisotopic (exact) mass is 399 g/mol. The van der Waals surface area contributed by atoms with Gasteiger partial charge in [0, 0.05) is 29.9 Å². The Bertz CT molecular complexity index is 1010. The molecule has 4 rings (SSSR count). The highest BCUT2D eigenvalue weighted by Gasteiger charge is 2.29. The number of likely N-dealkylation sites (tertiary alicyclic amines) is 1. The van der Waals surface area contributed by atoms with Crippen LogP contribution in [0.5, 0.6) is 0 Å². The first-order valence-electron chi connectivity index (χ1n) is 9.01. The summed E-state index contributed by atoms with van der Waals surface area (Å²) < 4.78 is 1.54. The molecule has 3 heterocycles. The van der Waals surface area contributed by atoms with Crippen molar-refractivity contribution in [3.05, 3.63) is 69.1 Å². The SMILES string of the molecule is Cc1ccc(C2CCCN2C(=O)CSCc2cc(=O)n3ccsc3n2)cc1. The lowest BCUT2D eigenvalue weighted by atomic mass is 10.0. The van der Waals surface area contributed by atoms with Gasteiger partial charge in [0.2, 0.25) is 5.91 Å². The molecule has 5 nitrogen and oxygen atoms in total. The van der Waals surface area contributed by atoms with Crippen LogP contribution < -0.4 is 5.56 Å². The van der Waals surface area contributed by atoms with E-state index >= 15 is 0 Å². The second-order valence-corrected chi connectivity index (χ2v) is 8.65. The van der Waals surface area contributed by atoms with E-state index in [1.165, 1.54) is 34.2 Å². The molecule has 1 saturated heterocycles. The van der Waals surface area contributed by atoms with Gasteiger partial charge in [0.05, 0.1) is 17.5 Å². The fourth-order valence-corrected chi connectivity index (χ4v) is 5.03. The van der Waals surface area contributed by atoms with Crippen LogP contribution in [0.2, 0.25) is 0 Å². The maximum absolute atomic E-state index is 12.7. The predicted molar refractivity (Wildman–Crippen MR) is 110 cm³/mol. The van der Waals surface area contributed by atoms with Crippen molar-refractivity contribution in [1.29, 1.82) is 0 Å². The van der Waals surface area contributed by atoms with E-state index in [0.717, 1.165) is 25.1 Å². The van der Waals surface area contributed by atoms with E-state index in [-0.39, 0.29) is 17.5 Å². The number of benzene rings is 1. The minimum Gasteiger partial charge on any atom is -0.335 e. The molecule has 2 aromatic heterocycles. The van der Waals surface area contributed by atoms with Crippen LogP contribution in [0, 0.1) is 6.92 Å². The van der Waals surface area contributed by atoms with Gasteiger partial charge in [0.25, 0.3) is 5.56 Å². The molecular formula is C20H21N3O2S2. The maximum atomic E-state index is 12.7. The van der Waals surface area contributed by atoms with Crippen LogP contribution in [-0.4, -0.2) is 32.5 Å². The van der Waals surface area contributed by atoms with Gasteiger partial charge in [0.1, 0.15) is 0 Å². The summed E-state index contributed by atoms with van der Waals surface area (Å²) >= 11 is 2.97. The molecule has 0 radical (unpaired) electrons. The molecule has 1 aromatic carbocycles. The Labute approximate surface area is 166 Å². The number of amides is 1. The number of aryl methyl sites for hydroxylation is 1. The van der Waals surface area contributed by atoms with Crippen LogP contribution in [0.25, 0.3) is 4.96 Å². The van der Waals surface area contributed by atoms with Crippen molar-refractivity contribution in [2.24, 2.45) is 0 Å². The Morgan fingerprint density at radius 3 is 2.96 bits per heavy atom. The van der Waals surface area contributed by atoms with Crippen molar-refractivity contribution in [2.45, 2.75) is 31.6 Å². The summed E-state index contributed by atoms with van der Waals surface area (Å²) in [7, 11) is 0. The van der Waals surface area contributed by atoms with Crippen LogP contribution in [0.4, 0.5) is 0 Å².